The maximum absolute atomic E-state index is 11.7. The van der Waals surface area contributed by atoms with Crippen LogP contribution in [0.25, 0.3) is 0 Å². The van der Waals surface area contributed by atoms with Crippen LogP contribution in [-0.2, 0) is 21.1 Å². The van der Waals surface area contributed by atoms with Crippen molar-refractivity contribution in [2.75, 3.05) is 11.5 Å². The number of hydrogen-bond acceptors (Lipinski definition) is 3. The van der Waals surface area contributed by atoms with E-state index in [0.29, 0.717) is 12.8 Å². The molecule has 0 aromatic heterocycles. The fourth-order valence-corrected chi connectivity index (χ4v) is 4.09. The molecule has 2 rings (SSSR count). The highest BCUT2D eigenvalue weighted by atomic mass is 32.2. The number of amides is 1. The normalized spacial score (nSPS) is 20.8. The summed E-state index contributed by atoms with van der Waals surface area (Å²) in [6, 6.07) is 8.11. The third kappa shape index (κ3) is 4.63. The lowest BCUT2D eigenvalue weighted by Gasteiger charge is -2.10. The van der Waals surface area contributed by atoms with Gasteiger partial charge in [-0.15, -0.1) is 0 Å². The minimum atomic E-state index is -2.92. The van der Waals surface area contributed by atoms with E-state index in [1.807, 2.05) is 6.92 Å². The highest BCUT2D eigenvalue weighted by molar-refractivity contribution is 7.91. The molecule has 1 unspecified atom stereocenters. The second-order valence-electron chi connectivity index (χ2n) is 5.51. The second-order valence-corrected chi connectivity index (χ2v) is 7.74. The number of benzene rings is 1. The van der Waals surface area contributed by atoms with Gasteiger partial charge in [0, 0.05) is 12.5 Å². The van der Waals surface area contributed by atoms with E-state index in [0.717, 1.165) is 12.8 Å². The van der Waals surface area contributed by atoms with Crippen LogP contribution in [0.3, 0.4) is 0 Å². The van der Waals surface area contributed by atoms with Gasteiger partial charge in [-0.1, -0.05) is 29.8 Å². The first kappa shape index (κ1) is 15.0. The fraction of sp³-hybridized carbons (Fsp3) is 0.533. The summed E-state index contributed by atoms with van der Waals surface area (Å²) in [5, 5.41) is 2.81. The molecule has 1 amide bonds. The molecule has 5 heteroatoms. The topological polar surface area (TPSA) is 63.2 Å². The van der Waals surface area contributed by atoms with E-state index in [9.17, 15) is 13.2 Å². The minimum Gasteiger partial charge on any atom is -0.352 e. The van der Waals surface area contributed by atoms with Crippen LogP contribution in [0.5, 0.6) is 0 Å². The third-order valence-corrected chi connectivity index (χ3v) is 5.36. The fourth-order valence-electron chi connectivity index (χ4n) is 2.42. The second kappa shape index (κ2) is 6.39. The van der Waals surface area contributed by atoms with Crippen molar-refractivity contribution >= 4 is 15.7 Å². The molecule has 0 bridgehead atoms. The lowest BCUT2D eigenvalue weighted by molar-refractivity contribution is -0.121. The van der Waals surface area contributed by atoms with Gasteiger partial charge < -0.3 is 5.32 Å². The summed E-state index contributed by atoms with van der Waals surface area (Å²) < 4.78 is 22.6. The molecule has 20 heavy (non-hydrogen) atoms. The minimum absolute atomic E-state index is 0.0424. The number of rotatable bonds is 5. The van der Waals surface area contributed by atoms with Crippen LogP contribution in [0.4, 0.5) is 0 Å². The van der Waals surface area contributed by atoms with Crippen molar-refractivity contribution in [3.8, 4) is 0 Å². The molecule has 1 aliphatic heterocycles. The zero-order valence-electron chi connectivity index (χ0n) is 11.8. The maximum Gasteiger partial charge on any atom is 0.220 e. The summed E-state index contributed by atoms with van der Waals surface area (Å²) in [7, 11) is -2.92. The van der Waals surface area contributed by atoms with E-state index in [-0.39, 0.29) is 23.5 Å². The Morgan fingerprint density at radius 2 is 2.00 bits per heavy atom. The Labute approximate surface area is 120 Å². The van der Waals surface area contributed by atoms with Gasteiger partial charge in [0.15, 0.2) is 9.84 Å². The van der Waals surface area contributed by atoms with Crippen LogP contribution in [0.1, 0.15) is 30.4 Å². The third-order valence-electron chi connectivity index (χ3n) is 3.59. The van der Waals surface area contributed by atoms with E-state index in [1.54, 1.807) is 0 Å². The van der Waals surface area contributed by atoms with Crippen molar-refractivity contribution < 1.29 is 13.2 Å². The van der Waals surface area contributed by atoms with Gasteiger partial charge in [-0.3, -0.25) is 4.79 Å². The van der Waals surface area contributed by atoms with Crippen LogP contribution in [0, 0.1) is 6.92 Å². The number of carbonyl (C=O) groups excluding carboxylic acids is 1. The quantitative estimate of drug-likeness (QED) is 0.898. The molecule has 0 saturated carbocycles. The van der Waals surface area contributed by atoms with Crippen molar-refractivity contribution in [3.63, 3.8) is 0 Å². The highest BCUT2D eigenvalue weighted by Gasteiger charge is 2.28. The van der Waals surface area contributed by atoms with Gasteiger partial charge >= 0.3 is 0 Å². The van der Waals surface area contributed by atoms with Gasteiger partial charge in [0.05, 0.1) is 11.5 Å². The van der Waals surface area contributed by atoms with E-state index < -0.39 is 9.84 Å². The average molecular weight is 295 g/mol. The summed E-state index contributed by atoms with van der Waals surface area (Å²) in [6.45, 7) is 2.05. The Hall–Kier alpha value is -1.36. The Balaban J connectivity index is 1.69. The summed E-state index contributed by atoms with van der Waals surface area (Å²) >= 11 is 0. The van der Waals surface area contributed by atoms with Gasteiger partial charge in [-0.05, 0) is 31.7 Å². The van der Waals surface area contributed by atoms with Crippen molar-refractivity contribution in [2.45, 2.75) is 38.6 Å². The first-order valence-corrected chi connectivity index (χ1v) is 8.82. The van der Waals surface area contributed by atoms with Crippen LogP contribution >= 0.6 is 0 Å². The standard InChI is InChI=1S/C15H21NO3S/c1-12-5-7-13(8-6-12)3-2-4-15(17)16-14-9-10-20(18,19)11-14/h5-8,14H,2-4,9-11H2,1H3,(H,16,17). The molecule has 110 valence electrons. The van der Waals surface area contributed by atoms with Crippen molar-refractivity contribution in [1.29, 1.82) is 0 Å². The number of hydrogen-bond donors (Lipinski definition) is 1. The monoisotopic (exact) mass is 295 g/mol. The molecule has 1 atom stereocenters. The van der Waals surface area contributed by atoms with E-state index in [4.69, 9.17) is 0 Å². The van der Waals surface area contributed by atoms with Crippen molar-refractivity contribution in [2.24, 2.45) is 0 Å². The first-order chi connectivity index (χ1) is 9.44. The highest BCUT2D eigenvalue weighted by Crippen LogP contribution is 2.12. The number of aryl methyl sites for hydroxylation is 2. The van der Waals surface area contributed by atoms with Gasteiger partial charge in [-0.2, -0.15) is 0 Å². The maximum atomic E-state index is 11.7. The van der Waals surface area contributed by atoms with E-state index >= 15 is 0 Å². The largest absolute Gasteiger partial charge is 0.352 e. The van der Waals surface area contributed by atoms with Crippen LogP contribution in [0.15, 0.2) is 24.3 Å². The molecule has 1 fully saturated rings. The summed E-state index contributed by atoms with van der Waals surface area (Å²) in [5.74, 6) is 0.247. The molecule has 1 aromatic carbocycles. The van der Waals surface area contributed by atoms with Crippen LogP contribution in [0.2, 0.25) is 0 Å². The molecular weight excluding hydrogens is 274 g/mol. The number of carbonyl (C=O) groups is 1. The molecule has 0 radical (unpaired) electrons. The predicted octanol–water partition coefficient (Wildman–Crippen LogP) is 1.62. The Bertz CT molecular complexity index is 563. The predicted molar refractivity (Wildman–Crippen MR) is 79.3 cm³/mol. The Morgan fingerprint density at radius 1 is 1.30 bits per heavy atom. The van der Waals surface area contributed by atoms with Gasteiger partial charge in [0.1, 0.15) is 0 Å². The lowest BCUT2D eigenvalue weighted by atomic mass is 10.1. The van der Waals surface area contributed by atoms with Gasteiger partial charge in [0.2, 0.25) is 5.91 Å². The zero-order chi connectivity index (χ0) is 14.6. The Morgan fingerprint density at radius 3 is 2.60 bits per heavy atom. The SMILES string of the molecule is Cc1ccc(CCCC(=O)NC2CCS(=O)(=O)C2)cc1. The van der Waals surface area contributed by atoms with Crippen molar-refractivity contribution in [3.05, 3.63) is 35.4 Å². The summed E-state index contributed by atoms with van der Waals surface area (Å²) in [4.78, 5) is 11.7. The smallest absolute Gasteiger partial charge is 0.220 e. The molecule has 1 saturated heterocycles. The van der Waals surface area contributed by atoms with Gasteiger partial charge in [-0.25, -0.2) is 8.42 Å². The molecule has 1 N–H and O–H groups in total. The molecule has 0 spiro atoms. The first-order valence-electron chi connectivity index (χ1n) is 7.00. The summed E-state index contributed by atoms with van der Waals surface area (Å²) in [6.07, 6.45) is 2.65. The molecule has 1 aliphatic rings. The molecular formula is C15H21NO3S. The van der Waals surface area contributed by atoms with E-state index in [1.165, 1.54) is 11.1 Å². The number of sulfone groups is 1. The summed E-state index contributed by atoms with van der Waals surface area (Å²) in [5.41, 5.74) is 2.46. The number of nitrogens with one attached hydrogen (secondary N) is 1. The van der Waals surface area contributed by atoms with Crippen LogP contribution in [-0.4, -0.2) is 31.9 Å². The van der Waals surface area contributed by atoms with Crippen LogP contribution < -0.4 is 5.32 Å². The average Bonchev–Trinajstić information content (AvgIpc) is 2.71. The Kier molecular flexibility index (Phi) is 4.81. The molecule has 1 heterocycles. The lowest BCUT2D eigenvalue weighted by Crippen LogP contribution is -2.35. The molecule has 1 aromatic rings. The molecule has 4 nitrogen and oxygen atoms in total. The van der Waals surface area contributed by atoms with Gasteiger partial charge in [0.25, 0.3) is 0 Å². The van der Waals surface area contributed by atoms with E-state index in [2.05, 4.69) is 29.6 Å². The van der Waals surface area contributed by atoms with Crippen molar-refractivity contribution in [1.82, 2.24) is 5.32 Å². The molecule has 0 aliphatic carbocycles. The zero-order valence-corrected chi connectivity index (χ0v) is 12.6.